The molecule has 0 nitrogen and oxygen atoms in total. The first-order chi connectivity index (χ1) is 26.4. The van der Waals surface area contributed by atoms with Gasteiger partial charge in [0.05, 0.1) is 0 Å². The van der Waals surface area contributed by atoms with Crippen molar-refractivity contribution in [3.05, 3.63) is 156 Å². The van der Waals surface area contributed by atoms with E-state index in [0.717, 1.165) is 0 Å². The molecule has 0 unspecified atom stereocenters. The highest BCUT2D eigenvalue weighted by atomic mass is 28.3. The van der Waals surface area contributed by atoms with Crippen LogP contribution >= 0.6 is 0 Å². The van der Waals surface area contributed by atoms with E-state index in [1.807, 2.05) is 20.7 Å². The standard InChI is InChI=1S/C50H62Si4/c1-9-51(10-2)43-37-45-46(38-44(43)52(11-3,12-4)48(40-31-23-18-24-32-40)47(51)39-29-21-17-22-30-39)54(15-7,16-8)50(42-35-27-20-28-36-42)49(53(45,13-5)14-6)41-33-25-19-26-34-41/h17-38H,9-16H2,1-8H3. The van der Waals surface area contributed by atoms with Gasteiger partial charge in [0.1, 0.15) is 32.3 Å². The normalized spacial score (nSPS) is 17.9. The Morgan fingerprint density at radius 3 is 0.574 bits per heavy atom. The molecule has 0 aliphatic carbocycles. The van der Waals surface area contributed by atoms with Crippen LogP contribution in [0.1, 0.15) is 77.6 Å². The summed E-state index contributed by atoms with van der Waals surface area (Å²) in [6.45, 7) is 20.5. The summed E-state index contributed by atoms with van der Waals surface area (Å²) in [7, 11) is -9.00. The third-order valence-corrected chi connectivity index (χ3v) is 37.1. The lowest BCUT2D eigenvalue weighted by molar-refractivity contribution is 1.26. The molecule has 5 aromatic rings. The maximum absolute atomic E-state index is 3.01. The third kappa shape index (κ3) is 5.53. The maximum atomic E-state index is 3.01. The molecular formula is C50H62Si4. The molecule has 2 heterocycles. The van der Waals surface area contributed by atoms with Crippen LogP contribution in [0, 0.1) is 0 Å². The zero-order valence-corrected chi connectivity index (χ0v) is 38.4. The first-order valence-corrected chi connectivity index (χ1v) is 30.9. The largest absolute Gasteiger partial charge is 0.118 e. The Hall–Kier alpha value is -3.55. The first kappa shape index (κ1) is 38.7. The Morgan fingerprint density at radius 2 is 0.426 bits per heavy atom. The molecule has 2 aliphatic heterocycles. The predicted octanol–water partition coefficient (Wildman–Crippen LogP) is 11.9. The summed E-state index contributed by atoms with van der Waals surface area (Å²) in [6.07, 6.45) is 0. The smallest absolute Gasteiger partial charge is 0.0672 e. The minimum absolute atomic E-state index is 1.24. The summed E-state index contributed by atoms with van der Waals surface area (Å²) in [6, 6.07) is 62.9. The molecule has 0 bridgehead atoms. The predicted molar refractivity (Wildman–Crippen MR) is 251 cm³/mol. The van der Waals surface area contributed by atoms with Gasteiger partial charge in [-0.2, -0.15) is 0 Å². The topological polar surface area (TPSA) is 0 Å². The highest BCUT2D eigenvalue weighted by Crippen LogP contribution is 2.50. The van der Waals surface area contributed by atoms with E-state index in [9.17, 15) is 0 Å². The molecule has 2 aliphatic rings. The van der Waals surface area contributed by atoms with Crippen molar-refractivity contribution in [3.8, 4) is 0 Å². The van der Waals surface area contributed by atoms with Crippen molar-refractivity contribution in [2.24, 2.45) is 0 Å². The van der Waals surface area contributed by atoms with Crippen molar-refractivity contribution in [3.63, 3.8) is 0 Å². The number of fused-ring (bicyclic) bond motifs is 2. The summed E-state index contributed by atoms with van der Waals surface area (Å²) in [4.78, 5) is 0. The van der Waals surface area contributed by atoms with Crippen LogP contribution in [0.5, 0.6) is 0 Å². The van der Waals surface area contributed by atoms with Crippen molar-refractivity contribution in [1.82, 2.24) is 0 Å². The molecule has 0 fully saturated rings. The summed E-state index contributed by atoms with van der Waals surface area (Å²) >= 11 is 0. The number of benzene rings is 5. The Bertz CT molecular complexity index is 1830. The molecule has 0 spiro atoms. The van der Waals surface area contributed by atoms with Gasteiger partial charge >= 0.3 is 0 Å². The van der Waals surface area contributed by atoms with Gasteiger partial charge in [-0.1, -0.05) is 258 Å². The van der Waals surface area contributed by atoms with Gasteiger partial charge in [0.25, 0.3) is 0 Å². The maximum Gasteiger partial charge on any atom is 0.118 e. The van der Waals surface area contributed by atoms with Crippen molar-refractivity contribution in [2.75, 3.05) is 0 Å². The monoisotopic (exact) mass is 774 g/mol. The zero-order chi connectivity index (χ0) is 38.1. The fourth-order valence-corrected chi connectivity index (χ4v) is 36.1. The molecule has 5 aromatic carbocycles. The van der Waals surface area contributed by atoms with E-state index < -0.39 is 32.3 Å². The minimum atomic E-state index is -2.25. The van der Waals surface area contributed by atoms with Gasteiger partial charge in [-0.3, -0.25) is 0 Å². The zero-order valence-electron chi connectivity index (χ0n) is 34.4. The van der Waals surface area contributed by atoms with Gasteiger partial charge in [0.2, 0.25) is 0 Å². The van der Waals surface area contributed by atoms with Gasteiger partial charge in [0.15, 0.2) is 0 Å². The van der Waals surface area contributed by atoms with E-state index in [4.69, 9.17) is 0 Å². The fraction of sp³-hybridized carbons (Fsp3) is 0.320. The van der Waals surface area contributed by atoms with E-state index in [-0.39, 0.29) is 0 Å². The van der Waals surface area contributed by atoms with Crippen LogP contribution in [-0.4, -0.2) is 32.3 Å². The van der Waals surface area contributed by atoms with E-state index in [1.165, 1.54) is 70.6 Å². The second-order valence-corrected chi connectivity index (χ2v) is 34.5. The van der Waals surface area contributed by atoms with E-state index >= 15 is 0 Å². The van der Waals surface area contributed by atoms with Crippen molar-refractivity contribution in [1.29, 1.82) is 0 Å². The van der Waals surface area contributed by atoms with Crippen LogP contribution in [0.2, 0.25) is 48.4 Å². The fourth-order valence-electron chi connectivity index (χ4n) is 11.7. The Kier molecular flexibility index (Phi) is 11.1. The van der Waals surface area contributed by atoms with Gasteiger partial charge < -0.3 is 0 Å². The van der Waals surface area contributed by atoms with Crippen LogP contribution in [0.15, 0.2) is 133 Å². The van der Waals surface area contributed by atoms with Gasteiger partial charge in [-0.25, -0.2) is 0 Å². The van der Waals surface area contributed by atoms with Crippen LogP contribution in [-0.2, 0) is 0 Å². The van der Waals surface area contributed by atoms with Gasteiger partial charge in [-0.15, -0.1) is 0 Å². The molecular weight excluding hydrogens is 713 g/mol. The molecule has 0 amide bonds. The van der Waals surface area contributed by atoms with E-state index in [1.54, 1.807) is 20.8 Å². The summed E-state index contributed by atoms with van der Waals surface area (Å²) in [5.74, 6) is 0. The van der Waals surface area contributed by atoms with Crippen molar-refractivity contribution >= 4 is 73.8 Å². The molecule has 4 heteroatoms. The van der Waals surface area contributed by atoms with Crippen LogP contribution in [0.3, 0.4) is 0 Å². The molecule has 0 atom stereocenters. The number of hydrogen-bond donors (Lipinski definition) is 0. The lowest BCUT2D eigenvalue weighted by Crippen LogP contribution is -2.75. The van der Waals surface area contributed by atoms with Crippen LogP contribution < -0.4 is 20.7 Å². The molecule has 0 radical (unpaired) electrons. The summed E-state index contributed by atoms with van der Waals surface area (Å²) < 4.78 is 0. The van der Waals surface area contributed by atoms with Crippen LogP contribution in [0.4, 0.5) is 0 Å². The molecule has 0 N–H and O–H groups in total. The average molecular weight is 775 g/mol. The quantitative estimate of drug-likeness (QED) is 0.111. The Morgan fingerprint density at radius 1 is 0.259 bits per heavy atom. The highest BCUT2D eigenvalue weighted by Gasteiger charge is 2.57. The third-order valence-electron chi connectivity index (χ3n) is 14.7. The molecule has 278 valence electrons. The molecule has 0 saturated heterocycles. The number of hydrogen-bond acceptors (Lipinski definition) is 0. The molecule has 54 heavy (non-hydrogen) atoms. The number of rotatable bonds is 12. The summed E-state index contributed by atoms with van der Waals surface area (Å²) in [5.41, 5.74) is 5.96. The van der Waals surface area contributed by atoms with Crippen LogP contribution in [0.25, 0.3) is 20.8 Å². The minimum Gasteiger partial charge on any atom is -0.0672 e. The second kappa shape index (κ2) is 15.5. The lowest BCUT2D eigenvalue weighted by Gasteiger charge is -2.53. The SMILES string of the molecule is CC[Si]1(CC)C(c2ccccc2)=C(c2ccccc2)[Si](CC)(CC)c2cc3c(cc21)[Si](CC)(CC)C(c1ccccc1)=C(c1ccccc1)[Si]3(CC)CC. The first-order valence-electron chi connectivity index (χ1n) is 21.3. The lowest BCUT2D eigenvalue weighted by atomic mass is 10.1. The van der Waals surface area contributed by atoms with E-state index in [0.29, 0.717) is 0 Å². The molecule has 0 aromatic heterocycles. The van der Waals surface area contributed by atoms with Gasteiger partial charge in [-0.05, 0) is 43.0 Å². The average Bonchev–Trinajstić information content (AvgIpc) is 3.25. The van der Waals surface area contributed by atoms with Gasteiger partial charge in [0, 0.05) is 0 Å². The van der Waals surface area contributed by atoms with E-state index in [2.05, 4.69) is 189 Å². The molecule has 0 saturated carbocycles. The highest BCUT2D eigenvalue weighted by molar-refractivity contribution is 7.25. The molecule has 7 rings (SSSR count). The Balaban J connectivity index is 1.72. The van der Waals surface area contributed by atoms with Crippen molar-refractivity contribution in [2.45, 2.75) is 104 Å². The second-order valence-electron chi connectivity index (χ2n) is 16.1. The Labute approximate surface area is 331 Å². The van der Waals surface area contributed by atoms with Crippen molar-refractivity contribution < 1.29 is 0 Å². The summed E-state index contributed by atoms with van der Waals surface area (Å²) in [5, 5.41) is 14.4.